The summed E-state index contributed by atoms with van der Waals surface area (Å²) in [5.74, 6) is 0.824. The van der Waals surface area contributed by atoms with Crippen LogP contribution in [0.5, 0.6) is 0 Å². The molecule has 18 heavy (non-hydrogen) atoms. The van der Waals surface area contributed by atoms with Crippen LogP contribution >= 0.6 is 11.8 Å². The van der Waals surface area contributed by atoms with Gasteiger partial charge in [-0.1, -0.05) is 27.7 Å². The molecule has 1 rings (SSSR count). The van der Waals surface area contributed by atoms with E-state index >= 15 is 0 Å². The van der Waals surface area contributed by atoms with Gasteiger partial charge in [0.2, 0.25) is 0 Å². The van der Waals surface area contributed by atoms with E-state index in [4.69, 9.17) is 9.84 Å². The molecule has 0 spiro atoms. The van der Waals surface area contributed by atoms with Gasteiger partial charge in [0, 0.05) is 13.2 Å². The Bertz CT molecular complexity index is 199. The molecule has 1 aliphatic rings. The van der Waals surface area contributed by atoms with Crippen LogP contribution in [0.25, 0.3) is 0 Å². The maximum Gasteiger partial charge on any atom is 0.319 e. The molecular weight excluding hydrogens is 248 g/mol. The smallest absolute Gasteiger partial charge is 0.319 e. The summed E-state index contributed by atoms with van der Waals surface area (Å²) in [7, 11) is 0. The Labute approximate surface area is 117 Å². The van der Waals surface area contributed by atoms with Gasteiger partial charge < -0.3 is 9.84 Å². The van der Waals surface area contributed by atoms with Gasteiger partial charge in [0.1, 0.15) is 4.75 Å². The highest BCUT2D eigenvalue weighted by Gasteiger charge is 2.27. The first-order valence-electron chi connectivity index (χ1n) is 6.97. The monoisotopic (exact) mass is 278 g/mol. The largest absolute Gasteiger partial charge is 0.480 e. The first-order valence-corrected chi connectivity index (χ1v) is 7.96. The maximum absolute atomic E-state index is 10.8. The lowest BCUT2D eigenvalue weighted by Gasteiger charge is -2.19. The van der Waals surface area contributed by atoms with E-state index in [9.17, 15) is 4.79 Å². The number of rotatable bonds is 5. The molecule has 1 aliphatic heterocycles. The molecule has 0 saturated carbocycles. The van der Waals surface area contributed by atoms with Crippen LogP contribution in [0.1, 0.15) is 54.4 Å². The summed E-state index contributed by atoms with van der Waals surface area (Å²) in [5.41, 5.74) is 0. The minimum Gasteiger partial charge on any atom is -0.480 e. The number of carbonyl (C=O) groups is 1. The second kappa shape index (κ2) is 11.8. The SMILES string of the molecule is CC.CC.CC(C)(SCCC1CCOC1)C(=O)O. The third-order valence-electron chi connectivity index (χ3n) is 2.53. The Balaban J connectivity index is 0. The molecule has 0 aromatic rings. The Morgan fingerprint density at radius 3 is 2.28 bits per heavy atom. The minimum absolute atomic E-state index is 0.645. The molecular formula is C14H30O3S. The molecule has 110 valence electrons. The van der Waals surface area contributed by atoms with E-state index < -0.39 is 10.7 Å². The fourth-order valence-corrected chi connectivity index (χ4v) is 2.44. The number of hydrogen-bond acceptors (Lipinski definition) is 3. The van der Waals surface area contributed by atoms with Gasteiger partial charge >= 0.3 is 5.97 Å². The Morgan fingerprint density at radius 2 is 1.89 bits per heavy atom. The van der Waals surface area contributed by atoms with Gasteiger partial charge in [-0.15, -0.1) is 11.8 Å². The van der Waals surface area contributed by atoms with E-state index in [1.165, 1.54) is 11.8 Å². The molecule has 1 fully saturated rings. The van der Waals surface area contributed by atoms with Crippen molar-refractivity contribution in [2.24, 2.45) is 5.92 Å². The third-order valence-corrected chi connectivity index (χ3v) is 3.86. The van der Waals surface area contributed by atoms with Crippen molar-refractivity contribution >= 4 is 17.7 Å². The number of ether oxygens (including phenoxy) is 1. The molecule has 3 nitrogen and oxygen atoms in total. The van der Waals surface area contributed by atoms with Crippen molar-refractivity contribution in [3.05, 3.63) is 0 Å². The summed E-state index contributed by atoms with van der Waals surface area (Å²) < 4.78 is 4.61. The predicted octanol–water partition coefficient (Wildman–Crippen LogP) is 4.06. The molecule has 0 aromatic carbocycles. The topological polar surface area (TPSA) is 46.5 Å². The summed E-state index contributed by atoms with van der Waals surface area (Å²) in [6.07, 6.45) is 2.20. The highest BCUT2D eigenvalue weighted by molar-refractivity contribution is 8.01. The predicted molar refractivity (Wildman–Crippen MR) is 80.4 cm³/mol. The van der Waals surface area contributed by atoms with Gasteiger partial charge in [-0.2, -0.15) is 0 Å². The molecule has 1 atom stereocenters. The summed E-state index contributed by atoms with van der Waals surface area (Å²) in [6, 6.07) is 0. The van der Waals surface area contributed by atoms with Crippen LogP contribution in [0.15, 0.2) is 0 Å². The summed E-state index contributed by atoms with van der Waals surface area (Å²) in [5, 5.41) is 8.89. The molecule has 0 radical (unpaired) electrons. The number of carboxylic acids is 1. The molecule has 1 heterocycles. The van der Waals surface area contributed by atoms with E-state index in [0.717, 1.165) is 31.8 Å². The van der Waals surface area contributed by atoms with Gasteiger partial charge in [-0.3, -0.25) is 4.79 Å². The zero-order valence-electron chi connectivity index (χ0n) is 12.8. The molecule has 0 aliphatic carbocycles. The first-order chi connectivity index (χ1) is 8.52. The van der Waals surface area contributed by atoms with Crippen molar-refractivity contribution in [1.29, 1.82) is 0 Å². The van der Waals surface area contributed by atoms with Gasteiger partial charge in [-0.25, -0.2) is 0 Å². The van der Waals surface area contributed by atoms with Crippen LogP contribution in [-0.2, 0) is 9.53 Å². The molecule has 0 amide bonds. The summed E-state index contributed by atoms with van der Waals surface area (Å²) in [4.78, 5) is 10.8. The van der Waals surface area contributed by atoms with Crippen molar-refractivity contribution in [3.8, 4) is 0 Å². The highest BCUT2D eigenvalue weighted by Crippen LogP contribution is 2.27. The van der Waals surface area contributed by atoms with E-state index in [-0.39, 0.29) is 0 Å². The second-order valence-electron chi connectivity index (χ2n) is 4.18. The zero-order chi connectivity index (χ0) is 14.6. The van der Waals surface area contributed by atoms with Crippen molar-refractivity contribution in [3.63, 3.8) is 0 Å². The lowest BCUT2D eigenvalue weighted by Crippen LogP contribution is -2.27. The van der Waals surface area contributed by atoms with Crippen LogP contribution < -0.4 is 0 Å². The Hall–Kier alpha value is -0.220. The third kappa shape index (κ3) is 8.81. The average Bonchev–Trinajstić information content (AvgIpc) is 2.87. The van der Waals surface area contributed by atoms with Crippen molar-refractivity contribution in [1.82, 2.24) is 0 Å². The molecule has 4 heteroatoms. The molecule has 1 N–H and O–H groups in total. The highest BCUT2D eigenvalue weighted by atomic mass is 32.2. The quantitative estimate of drug-likeness (QED) is 0.823. The van der Waals surface area contributed by atoms with E-state index in [1.807, 2.05) is 27.7 Å². The molecule has 0 bridgehead atoms. The maximum atomic E-state index is 10.8. The number of aliphatic carboxylic acids is 1. The number of carboxylic acid groups (broad SMARTS) is 1. The molecule has 1 saturated heterocycles. The van der Waals surface area contributed by atoms with Gasteiger partial charge in [0.05, 0.1) is 0 Å². The summed E-state index contributed by atoms with van der Waals surface area (Å²) in [6.45, 7) is 13.2. The lowest BCUT2D eigenvalue weighted by atomic mass is 10.1. The van der Waals surface area contributed by atoms with Crippen LogP contribution in [-0.4, -0.2) is 34.8 Å². The lowest BCUT2D eigenvalue weighted by molar-refractivity contribution is -0.138. The van der Waals surface area contributed by atoms with Crippen LogP contribution in [0.2, 0.25) is 0 Å². The molecule has 0 aromatic heterocycles. The standard InChI is InChI=1S/C10H18O3S.2C2H6/c1-10(2,9(11)12)14-6-4-8-3-5-13-7-8;2*1-2/h8H,3-7H2,1-2H3,(H,11,12);2*1-2H3. The van der Waals surface area contributed by atoms with Crippen molar-refractivity contribution in [2.75, 3.05) is 19.0 Å². The van der Waals surface area contributed by atoms with Crippen LogP contribution in [0, 0.1) is 5.92 Å². The van der Waals surface area contributed by atoms with Gasteiger partial charge in [-0.05, 0) is 38.4 Å². The fraction of sp³-hybridized carbons (Fsp3) is 0.929. The van der Waals surface area contributed by atoms with Gasteiger partial charge in [0.25, 0.3) is 0 Å². The minimum atomic E-state index is -0.731. The molecule has 1 unspecified atom stereocenters. The van der Waals surface area contributed by atoms with Gasteiger partial charge in [0.15, 0.2) is 0 Å². The normalized spacial score (nSPS) is 18.2. The number of thioether (sulfide) groups is 1. The Kier molecular flexibility index (Phi) is 13.2. The zero-order valence-corrected chi connectivity index (χ0v) is 13.6. The Morgan fingerprint density at radius 1 is 1.33 bits per heavy atom. The van der Waals surface area contributed by atoms with Crippen molar-refractivity contribution in [2.45, 2.75) is 59.1 Å². The van der Waals surface area contributed by atoms with E-state index in [1.54, 1.807) is 13.8 Å². The fourth-order valence-electron chi connectivity index (χ4n) is 1.35. The van der Waals surface area contributed by atoms with Crippen LogP contribution in [0.4, 0.5) is 0 Å². The van der Waals surface area contributed by atoms with Crippen LogP contribution in [0.3, 0.4) is 0 Å². The first kappa shape index (κ1) is 20.1. The van der Waals surface area contributed by atoms with E-state index in [2.05, 4.69) is 0 Å². The average molecular weight is 278 g/mol. The summed E-state index contributed by atoms with van der Waals surface area (Å²) >= 11 is 1.52. The second-order valence-corrected chi connectivity index (χ2v) is 5.90. The van der Waals surface area contributed by atoms with Crippen molar-refractivity contribution < 1.29 is 14.6 Å². The van der Waals surface area contributed by atoms with E-state index in [0.29, 0.717) is 5.92 Å². The number of hydrogen-bond donors (Lipinski definition) is 1.